The lowest BCUT2D eigenvalue weighted by molar-refractivity contribution is 0.577. The van der Waals surface area contributed by atoms with E-state index in [1.54, 1.807) is 0 Å². The van der Waals surface area contributed by atoms with Crippen LogP contribution in [0.2, 0.25) is 0 Å². The number of aryl methyl sites for hydroxylation is 2. The second-order valence-corrected chi connectivity index (χ2v) is 5.78. The Morgan fingerprint density at radius 3 is 2.67 bits per heavy atom. The third kappa shape index (κ3) is 4.63. The van der Waals surface area contributed by atoms with Crippen molar-refractivity contribution < 1.29 is 0 Å². The van der Waals surface area contributed by atoms with Crippen LogP contribution in [0, 0.1) is 19.8 Å². The van der Waals surface area contributed by atoms with Gasteiger partial charge >= 0.3 is 0 Å². The van der Waals surface area contributed by atoms with Gasteiger partial charge in [-0.15, -0.1) is 11.3 Å². The maximum atomic E-state index is 3.40. The van der Waals surface area contributed by atoms with Crippen molar-refractivity contribution >= 4 is 17.4 Å². The molecule has 0 aliphatic heterocycles. The molecule has 1 aromatic heterocycles. The molecule has 1 heterocycles. The van der Waals surface area contributed by atoms with Gasteiger partial charge in [0.05, 0.1) is 0 Å². The van der Waals surface area contributed by atoms with Crippen molar-refractivity contribution in [2.24, 2.45) is 5.92 Å². The molecule has 0 aromatic carbocycles. The van der Waals surface area contributed by atoms with Gasteiger partial charge < -0.3 is 5.32 Å². The molecule has 0 fully saturated rings. The highest BCUT2D eigenvalue weighted by Crippen LogP contribution is 2.21. The van der Waals surface area contributed by atoms with Gasteiger partial charge in [0.1, 0.15) is 0 Å². The molecule has 0 saturated carbocycles. The van der Waals surface area contributed by atoms with Crippen LogP contribution in [-0.4, -0.2) is 13.1 Å². The van der Waals surface area contributed by atoms with Crippen LogP contribution >= 0.6 is 11.3 Å². The van der Waals surface area contributed by atoms with E-state index in [0.29, 0.717) is 0 Å². The predicted octanol–water partition coefficient (Wildman–Crippen LogP) is 3.62. The van der Waals surface area contributed by atoms with Crippen molar-refractivity contribution in [3.8, 4) is 0 Å². The minimum absolute atomic E-state index is 0.725. The first-order chi connectivity index (χ1) is 7.09. The van der Waals surface area contributed by atoms with Crippen molar-refractivity contribution in [3.05, 3.63) is 27.5 Å². The first-order valence-electron chi connectivity index (χ1n) is 5.54. The van der Waals surface area contributed by atoms with Crippen molar-refractivity contribution in [1.82, 2.24) is 5.32 Å². The van der Waals surface area contributed by atoms with E-state index >= 15 is 0 Å². The number of rotatable bonds is 5. The molecule has 0 unspecified atom stereocenters. The number of nitrogens with one attached hydrogen (secondary N) is 1. The summed E-state index contributed by atoms with van der Waals surface area (Å²) in [6.07, 6.45) is 4.42. The molecule has 0 bridgehead atoms. The Morgan fingerprint density at radius 1 is 1.40 bits per heavy atom. The molecule has 0 radical (unpaired) electrons. The summed E-state index contributed by atoms with van der Waals surface area (Å²) in [5, 5.41) is 3.40. The lowest BCUT2D eigenvalue weighted by atomic mass is 10.2. The van der Waals surface area contributed by atoms with Crippen LogP contribution in [0.25, 0.3) is 6.08 Å². The molecular weight excluding hydrogens is 202 g/mol. The van der Waals surface area contributed by atoms with Crippen molar-refractivity contribution in [1.29, 1.82) is 0 Å². The van der Waals surface area contributed by atoms with E-state index in [4.69, 9.17) is 0 Å². The highest BCUT2D eigenvalue weighted by molar-refractivity contribution is 7.12. The summed E-state index contributed by atoms with van der Waals surface area (Å²) >= 11 is 1.87. The van der Waals surface area contributed by atoms with Crippen LogP contribution in [0.5, 0.6) is 0 Å². The Bertz CT molecular complexity index is 323. The summed E-state index contributed by atoms with van der Waals surface area (Å²) in [5.74, 6) is 0.725. The second kappa shape index (κ2) is 6.09. The van der Waals surface area contributed by atoms with E-state index in [0.717, 1.165) is 19.0 Å². The second-order valence-electron chi connectivity index (χ2n) is 4.32. The Morgan fingerprint density at radius 2 is 2.13 bits per heavy atom. The Hall–Kier alpha value is -0.600. The molecule has 1 nitrogen and oxygen atoms in total. The molecule has 1 rings (SSSR count). The van der Waals surface area contributed by atoms with Crippen LogP contribution in [-0.2, 0) is 0 Å². The molecule has 0 spiro atoms. The van der Waals surface area contributed by atoms with Gasteiger partial charge in [0.25, 0.3) is 0 Å². The lowest BCUT2D eigenvalue weighted by Gasteiger charge is -2.03. The summed E-state index contributed by atoms with van der Waals surface area (Å²) < 4.78 is 0. The Labute approximate surface area is 97.2 Å². The van der Waals surface area contributed by atoms with E-state index in [2.05, 4.69) is 51.2 Å². The smallest absolute Gasteiger partial charge is 0.0138 e. The first kappa shape index (κ1) is 12.5. The SMILES string of the molecule is Cc1cc(C=CCNCC(C)C)c(C)s1. The van der Waals surface area contributed by atoms with Crippen LogP contribution in [0.1, 0.15) is 29.2 Å². The highest BCUT2D eigenvalue weighted by Gasteiger charge is 1.97. The standard InChI is InChI=1S/C13H21NS/c1-10(2)9-14-7-5-6-13-8-11(3)15-12(13)4/h5-6,8,10,14H,7,9H2,1-4H3. The fourth-order valence-electron chi connectivity index (χ4n) is 1.46. The van der Waals surface area contributed by atoms with Crippen LogP contribution in [0.4, 0.5) is 0 Å². The summed E-state index contributed by atoms with van der Waals surface area (Å²) in [4.78, 5) is 2.80. The number of thiophene rings is 1. The van der Waals surface area contributed by atoms with E-state index < -0.39 is 0 Å². The Balaban J connectivity index is 2.35. The number of hydrogen-bond acceptors (Lipinski definition) is 2. The van der Waals surface area contributed by atoms with Gasteiger partial charge in [-0.25, -0.2) is 0 Å². The zero-order valence-electron chi connectivity index (χ0n) is 10.1. The minimum Gasteiger partial charge on any atom is -0.313 e. The molecule has 2 heteroatoms. The number of hydrogen-bond donors (Lipinski definition) is 1. The maximum Gasteiger partial charge on any atom is 0.0138 e. The molecule has 84 valence electrons. The average molecular weight is 223 g/mol. The van der Waals surface area contributed by atoms with Crippen LogP contribution < -0.4 is 5.32 Å². The van der Waals surface area contributed by atoms with Crippen LogP contribution in [0.3, 0.4) is 0 Å². The van der Waals surface area contributed by atoms with Gasteiger partial charge in [-0.2, -0.15) is 0 Å². The minimum atomic E-state index is 0.725. The van der Waals surface area contributed by atoms with Crippen molar-refractivity contribution in [3.63, 3.8) is 0 Å². The maximum absolute atomic E-state index is 3.40. The third-order valence-electron chi connectivity index (χ3n) is 2.19. The largest absolute Gasteiger partial charge is 0.313 e. The van der Waals surface area contributed by atoms with E-state index in [-0.39, 0.29) is 0 Å². The van der Waals surface area contributed by atoms with Gasteiger partial charge in [-0.05, 0) is 37.9 Å². The molecule has 0 aliphatic carbocycles. The van der Waals surface area contributed by atoms with Gasteiger partial charge in [0.15, 0.2) is 0 Å². The predicted molar refractivity (Wildman–Crippen MR) is 70.5 cm³/mol. The zero-order valence-corrected chi connectivity index (χ0v) is 10.9. The third-order valence-corrected chi connectivity index (χ3v) is 3.17. The van der Waals surface area contributed by atoms with E-state index in [1.165, 1.54) is 15.3 Å². The van der Waals surface area contributed by atoms with Gasteiger partial charge in [-0.3, -0.25) is 0 Å². The Kier molecular flexibility index (Phi) is 5.06. The molecule has 0 atom stereocenters. The summed E-state index contributed by atoms with van der Waals surface area (Å²) in [6, 6.07) is 2.25. The highest BCUT2D eigenvalue weighted by atomic mass is 32.1. The van der Waals surface area contributed by atoms with Crippen LogP contribution in [0.15, 0.2) is 12.1 Å². The molecule has 0 saturated heterocycles. The fraction of sp³-hybridized carbons (Fsp3) is 0.538. The van der Waals surface area contributed by atoms with Crippen molar-refractivity contribution in [2.75, 3.05) is 13.1 Å². The summed E-state index contributed by atoms with van der Waals surface area (Å²) in [7, 11) is 0. The topological polar surface area (TPSA) is 12.0 Å². The molecule has 0 amide bonds. The molecule has 1 N–H and O–H groups in total. The molecule has 15 heavy (non-hydrogen) atoms. The van der Waals surface area contributed by atoms with Crippen molar-refractivity contribution in [2.45, 2.75) is 27.7 Å². The quantitative estimate of drug-likeness (QED) is 0.752. The summed E-state index contributed by atoms with van der Waals surface area (Å²) in [5.41, 5.74) is 1.36. The van der Waals surface area contributed by atoms with Gasteiger partial charge in [-0.1, -0.05) is 26.0 Å². The van der Waals surface area contributed by atoms with E-state index in [1.807, 2.05) is 11.3 Å². The lowest BCUT2D eigenvalue weighted by Crippen LogP contribution is -2.19. The zero-order chi connectivity index (χ0) is 11.3. The molecule has 0 aliphatic rings. The van der Waals surface area contributed by atoms with Gasteiger partial charge in [0, 0.05) is 16.3 Å². The molecule has 1 aromatic rings. The molecular formula is C13H21NS. The summed E-state index contributed by atoms with van der Waals surface area (Å²) in [6.45, 7) is 10.8. The normalized spacial score (nSPS) is 11.8. The average Bonchev–Trinajstić information content (AvgIpc) is 2.44. The van der Waals surface area contributed by atoms with E-state index in [9.17, 15) is 0 Å². The van der Waals surface area contributed by atoms with Gasteiger partial charge in [0.2, 0.25) is 0 Å². The monoisotopic (exact) mass is 223 g/mol. The fourth-order valence-corrected chi connectivity index (χ4v) is 2.37. The first-order valence-corrected chi connectivity index (χ1v) is 6.35.